The standard InChI is InChI=1S/C4H5NO3/c6-3-8-4-5-1-2-7-4/h3H,1-2H2. The van der Waals surface area contributed by atoms with Gasteiger partial charge in [-0.2, -0.15) is 0 Å². The molecule has 0 aromatic heterocycles. The fraction of sp³-hybridized carbons (Fsp3) is 0.500. The summed E-state index contributed by atoms with van der Waals surface area (Å²) in [6.45, 7) is 1.40. The molecule has 1 aliphatic rings. The molecule has 8 heavy (non-hydrogen) atoms. The Bertz CT molecular complexity index is 120. The highest BCUT2D eigenvalue weighted by molar-refractivity contribution is 5.75. The van der Waals surface area contributed by atoms with Crippen LogP contribution in [0.15, 0.2) is 4.99 Å². The van der Waals surface area contributed by atoms with Crippen molar-refractivity contribution in [2.24, 2.45) is 4.99 Å². The van der Waals surface area contributed by atoms with Crippen LogP contribution >= 0.6 is 0 Å². The quantitative estimate of drug-likeness (QED) is 0.434. The van der Waals surface area contributed by atoms with Crippen LogP contribution in [0.25, 0.3) is 0 Å². The van der Waals surface area contributed by atoms with Crippen molar-refractivity contribution in [3.8, 4) is 0 Å². The summed E-state index contributed by atoms with van der Waals surface area (Å²) in [6.07, 6.45) is 0.0833. The lowest BCUT2D eigenvalue weighted by Crippen LogP contribution is -2.02. The zero-order valence-corrected chi connectivity index (χ0v) is 4.16. The van der Waals surface area contributed by atoms with Gasteiger partial charge >= 0.3 is 12.6 Å². The first-order valence-electron chi connectivity index (χ1n) is 2.21. The molecule has 0 aromatic rings. The second kappa shape index (κ2) is 2.30. The molecule has 0 unspecified atom stereocenters. The smallest absolute Gasteiger partial charge is 0.391 e. The van der Waals surface area contributed by atoms with Gasteiger partial charge in [0.2, 0.25) is 0 Å². The molecule has 4 nitrogen and oxygen atoms in total. The van der Waals surface area contributed by atoms with Crippen LogP contribution in [0.4, 0.5) is 0 Å². The van der Waals surface area contributed by atoms with E-state index >= 15 is 0 Å². The summed E-state index contributed by atoms with van der Waals surface area (Å²) < 4.78 is 8.94. The monoisotopic (exact) mass is 115 g/mol. The predicted molar refractivity (Wildman–Crippen MR) is 25.4 cm³/mol. The molecule has 0 saturated carbocycles. The number of hydrogen-bond donors (Lipinski definition) is 0. The van der Waals surface area contributed by atoms with Crippen molar-refractivity contribution in [3.05, 3.63) is 0 Å². The summed E-state index contributed by atoms with van der Waals surface area (Å²) in [5, 5.41) is 0. The molecule has 0 bridgehead atoms. The van der Waals surface area contributed by atoms with E-state index in [0.29, 0.717) is 19.6 Å². The molecule has 0 aromatic carbocycles. The minimum Gasteiger partial charge on any atom is -0.448 e. The van der Waals surface area contributed by atoms with Crippen molar-refractivity contribution in [1.29, 1.82) is 0 Å². The van der Waals surface area contributed by atoms with Crippen LogP contribution in [-0.2, 0) is 14.3 Å². The topological polar surface area (TPSA) is 47.9 Å². The minimum absolute atomic E-state index is 0.0833. The molecule has 0 fully saturated rings. The van der Waals surface area contributed by atoms with Gasteiger partial charge in [-0.05, 0) is 0 Å². The van der Waals surface area contributed by atoms with Gasteiger partial charge in [-0.15, -0.1) is 0 Å². The van der Waals surface area contributed by atoms with Crippen LogP contribution in [0.3, 0.4) is 0 Å². The lowest BCUT2D eigenvalue weighted by Gasteiger charge is -1.92. The molecule has 4 heteroatoms. The Morgan fingerprint density at radius 3 is 3.25 bits per heavy atom. The third-order valence-corrected chi connectivity index (χ3v) is 0.707. The Balaban J connectivity index is 2.33. The molecule has 44 valence electrons. The molecular weight excluding hydrogens is 110 g/mol. The normalized spacial score (nSPS) is 16.8. The summed E-state index contributed by atoms with van der Waals surface area (Å²) in [5.41, 5.74) is 0. The number of aliphatic imine (C=N–C) groups is 1. The summed E-state index contributed by atoms with van der Waals surface area (Å²) in [7, 11) is 0. The molecule has 1 rings (SSSR count). The highest BCUT2D eigenvalue weighted by atomic mass is 16.7. The van der Waals surface area contributed by atoms with Crippen LogP contribution < -0.4 is 0 Å². The highest BCUT2D eigenvalue weighted by Gasteiger charge is 2.05. The number of carbonyl (C=O) groups is 1. The fourth-order valence-electron chi connectivity index (χ4n) is 0.428. The van der Waals surface area contributed by atoms with Gasteiger partial charge in [-0.25, -0.2) is 4.99 Å². The van der Waals surface area contributed by atoms with Gasteiger partial charge in [0.15, 0.2) is 0 Å². The zero-order chi connectivity index (χ0) is 5.82. The molecule has 0 aliphatic carbocycles. The molecule has 0 atom stereocenters. The summed E-state index contributed by atoms with van der Waals surface area (Å²) in [5.74, 6) is 0. The van der Waals surface area contributed by atoms with E-state index in [1.54, 1.807) is 0 Å². The average Bonchev–Trinajstić information content (AvgIpc) is 2.19. The number of carbonyl (C=O) groups excluding carboxylic acids is 1. The predicted octanol–water partition coefficient (Wildman–Crippen LogP) is -0.454. The molecule has 0 N–H and O–H groups in total. The minimum atomic E-state index is 0.0833. The maximum absolute atomic E-state index is 9.58. The van der Waals surface area contributed by atoms with E-state index in [2.05, 4.69) is 14.5 Å². The highest BCUT2D eigenvalue weighted by Crippen LogP contribution is 1.92. The van der Waals surface area contributed by atoms with Crippen LogP contribution in [-0.4, -0.2) is 25.7 Å². The van der Waals surface area contributed by atoms with Gasteiger partial charge in [0.1, 0.15) is 6.61 Å². The van der Waals surface area contributed by atoms with E-state index in [1.165, 1.54) is 0 Å². The van der Waals surface area contributed by atoms with Crippen molar-refractivity contribution >= 4 is 12.6 Å². The summed E-state index contributed by atoms with van der Waals surface area (Å²) in [6, 6.07) is 0. The molecule has 0 amide bonds. The molecule has 1 aliphatic heterocycles. The number of hydrogen-bond acceptors (Lipinski definition) is 4. The van der Waals surface area contributed by atoms with Gasteiger partial charge in [0.05, 0.1) is 6.54 Å². The van der Waals surface area contributed by atoms with E-state index < -0.39 is 0 Å². The Morgan fingerprint density at radius 2 is 2.75 bits per heavy atom. The molecule has 0 spiro atoms. The van der Waals surface area contributed by atoms with E-state index in [-0.39, 0.29) is 6.08 Å². The second-order valence-electron chi connectivity index (χ2n) is 1.21. The zero-order valence-electron chi connectivity index (χ0n) is 4.16. The number of nitrogens with zero attached hydrogens (tertiary/aromatic N) is 1. The maximum atomic E-state index is 9.58. The fourth-order valence-corrected chi connectivity index (χ4v) is 0.428. The van der Waals surface area contributed by atoms with Crippen molar-refractivity contribution in [3.63, 3.8) is 0 Å². The van der Waals surface area contributed by atoms with Gasteiger partial charge < -0.3 is 9.47 Å². The SMILES string of the molecule is O=COC1=NCCO1. The molecule has 0 saturated heterocycles. The van der Waals surface area contributed by atoms with Crippen LogP contribution in [0, 0.1) is 0 Å². The largest absolute Gasteiger partial charge is 0.448 e. The van der Waals surface area contributed by atoms with Gasteiger partial charge in [0.25, 0.3) is 0 Å². The van der Waals surface area contributed by atoms with Crippen LogP contribution in [0.2, 0.25) is 0 Å². The summed E-state index contributed by atoms with van der Waals surface area (Å²) in [4.78, 5) is 13.2. The lowest BCUT2D eigenvalue weighted by atomic mass is 10.8. The molecule has 1 heterocycles. The van der Waals surface area contributed by atoms with Crippen molar-refractivity contribution in [2.75, 3.05) is 13.2 Å². The lowest BCUT2D eigenvalue weighted by molar-refractivity contribution is -0.123. The van der Waals surface area contributed by atoms with E-state index in [1.807, 2.05) is 0 Å². The van der Waals surface area contributed by atoms with E-state index in [4.69, 9.17) is 0 Å². The molecule has 0 radical (unpaired) electrons. The third-order valence-electron chi connectivity index (χ3n) is 0.707. The Hall–Kier alpha value is -1.06. The first kappa shape index (κ1) is 5.08. The average molecular weight is 115 g/mol. The van der Waals surface area contributed by atoms with E-state index in [9.17, 15) is 4.79 Å². The Kier molecular flexibility index (Phi) is 1.46. The van der Waals surface area contributed by atoms with Gasteiger partial charge in [-0.1, -0.05) is 0 Å². The molecular formula is C4H5NO3. The van der Waals surface area contributed by atoms with Crippen molar-refractivity contribution in [2.45, 2.75) is 0 Å². The van der Waals surface area contributed by atoms with Crippen LogP contribution in [0.5, 0.6) is 0 Å². The van der Waals surface area contributed by atoms with Crippen molar-refractivity contribution < 1.29 is 14.3 Å². The first-order valence-corrected chi connectivity index (χ1v) is 2.21. The van der Waals surface area contributed by atoms with E-state index in [0.717, 1.165) is 0 Å². The third kappa shape index (κ3) is 0.959. The maximum Gasteiger partial charge on any atom is 0.391 e. The van der Waals surface area contributed by atoms with Gasteiger partial charge in [0, 0.05) is 0 Å². The van der Waals surface area contributed by atoms with Crippen molar-refractivity contribution in [1.82, 2.24) is 0 Å². The first-order chi connectivity index (χ1) is 3.93. The number of ether oxygens (including phenoxy) is 2. The second-order valence-corrected chi connectivity index (χ2v) is 1.21. The number of rotatable bonds is 1. The Morgan fingerprint density at radius 1 is 1.88 bits per heavy atom. The summed E-state index contributed by atoms with van der Waals surface area (Å²) >= 11 is 0. The van der Waals surface area contributed by atoms with Crippen LogP contribution in [0.1, 0.15) is 0 Å². The van der Waals surface area contributed by atoms with Gasteiger partial charge in [-0.3, -0.25) is 4.79 Å². The Labute approximate surface area is 46.1 Å².